The Morgan fingerprint density at radius 2 is 1.41 bits per heavy atom. The normalized spacial score (nSPS) is 12.6. The molecule has 0 heterocycles. The first kappa shape index (κ1) is 17.1. The minimum atomic E-state index is 0.724. The van der Waals surface area contributed by atoms with Crippen LogP contribution in [0.25, 0.3) is 10.8 Å². The molecule has 0 amide bonds. The average molecular weight is 296 g/mol. The Labute approximate surface area is 136 Å². The molecule has 0 fully saturated rings. The molecule has 0 aromatic heterocycles. The second-order valence-electron chi connectivity index (χ2n) is 6.58. The number of hydrogen-bond donors (Lipinski definition) is 0. The summed E-state index contributed by atoms with van der Waals surface area (Å²) in [5.74, 6) is 0.724. The molecule has 0 saturated heterocycles. The van der Waals surface area contributed by atoms with Crippen molar-refractivity contribution in [3.8, 4) is 0 Å². The summed E-state index contributed by atoms with van der Waals surface area (Å²) in [7, 11) is 0. The maximum atomic E-state index is 2.34. The van der Waals surface area contributed by atoms with Gasteiger partial charge in [0.25, 0.3) is 0 Å². The molecule has 0 bridgehead atoms. The van der Waals surface area contributed by atoms with Gasteiger partial charge in [0.05, 0.1) is 0 Å². The van der Waals surface area contributed by atoms with E-state index in [1.807, 2.05) is 0 Å². The first-order valence-corrected chi connectivity index (χ1v) is 9.34. The molecule has 0 aliphatic rings. The summed E-state index contributed by atoms with van der Waals surface area (Å²) in [6.45, 7) is 4.63. The second-order valence-corrected chi connectivity index (χ2v) is 6.58. The number of hydrogen-bond acceptors (Lipinski definition) is 0. The van der Waals surface area contributed by atoms with Crippen LogP contribution in [0.2, 0.25) is 0 Å². The lowest BCUT2D eigenvalue weighted by Gasteiger charge is -2.17. The van der Waals surface area contributed by atoms with Crippen LogP contribution in [0.3, 0.4) is 0 Å². The van der Waals surface area contributed by atoms with E-state index in [1.54, 1.807) is 5.56 Å². The Kier molecular flexibility index (Phi) is 7.49. The third-order valence-corrected chi connectivity index (χ3v) is 4.91. The zero-order valence-corrected chi connectivity index (χ0v) is 14.5. The van der Waals surface area contributed by atoms with E-state index in [4.69, 9.17) is 0 Å². The summed E-state index contributed by atoms with van der Waals surface area (Å²) in [5, 5.41) is 2.85. The molecule has 0 spiro atoms. The molecular weight excluding hydrogens is 264 g/mol. The molecule has 2 rings (SSSR count). The van der Waals surface area contributed by atoms with Crippen molar-refractivity contribution in [1.82, 2.24) is 0 Å². The van der Waals surface area contributed by atoms with Crippen molar-refractivity contribution >= 4 is 10.8 Å². The van der Waals surface area contributed by atoms with Crippen molar-refractivity contribution in [2.75, 3.05) is 0 Å². The Balaban J connectivity index is 1.88. The summed E-state index contributed by atoms with van der Waals surface area (Å²) in [4.78, 5) is 0. The lowest BCUT2D eigenvalue weighted by Crippen LogP contribution is -1.99. The zero-order valence-electron chi connectivity index (χ0n) is 14.5. The van der Waals surface area contributed by atoms with Gasteiger partial charge in [-0.05, 0) is 35.1 Å². The molecule has 2 aromatic carbocycles. The summed E-state index contributed by atoms with van der Waals surface area (Å²) in [6, 6.07) is 15.6. The third-order valence-electron chi connectivity index (χ3n) is 4.91. The number of fused-ring (bicyclic) bond motifs is 1. The van der Waals surface area contributed by atoms with Crippen LogP contribution in [-0.4, -0.2) is 0 Å². The highest BCUT2D eigenvalue weighted by atomic mass is 14.2. The van der Waals surface area contributed by atoms with Crippen LogP contribution in [0.4, 0.5) is 0 Å². The molecule has 1 atom stereocenters. The number of benzene rings is 2. The molecular formula is C22H32. The quantitative estimate of drug-likeness (QED) is 0.399. The summed E-state index contributed by atoms with van der Waals surface area (Å²) in [6.07, 6.45) is 12.4. The molecule has 0 aliphatic carbocycles. The van der Waals surface area contributed by atoms with Crippen LogP contribution in [0.15, 0.2) is 42.5 Å². The van der Waals surface area contributed by atoms with Crippen LogP contribution in [0.5, 0.6) is 0 Å². The van der Waals surface area contributed by atoms with Crippen LogP contribution in [0, 0.1) is 0 Å². The lowest BCUT2D eigenvalue weighted by molar-refractivity contribution is 0.527. The first-order chi connectivity index (χ1) is 10.9. The van der Waals surface area contributed by atoms with E-state index in [2.05, 4.69) is 56.3 Å². The van der Waals surface area contributed by atoms with Gasteiger partial charge in [0.15, 0.2) is 0 Å². The highest BCUT2D eigenvalue weighted by Crippen LogP contribution is 2.31. The van der Waals surface area contributed by atoms with E-state index < -0.39 is 0 Å². The second kappa shape index (κ2) is 9.66. The van der Waals surface area contributed by atoms with E-state index in [-0.39, 0.29) is 0 Å². The fourth-order valence-electron chi connectivity index (χ4n) is 3.53. The molecule has 0 heteroatoms. The summed E-state index contributed by atoms with van der Waals surface area (Å²) in [5.41, 5.74) is 1.56. The molecule has 0 saturated carbocycles. The topological polar surface area (TPSA) is 0 Å². The molecule has 120 valence electrons. The van der Waals surface area contributed by atoms with Gasteiger partial charge in [-0.3, -0.25) is 0 Å². The fourth-order valence-corrected chi connectivity index (χ4v) is 3.53. The smallest absolute Gasteiger partial charge is 0.0149 e. The average Bonchev–Trinajstić information content (AvgIpc) is 2.57. The number of unbranched alkanes of at least 4 members (excludes halogenated alkanes) is 6. The van der Waals surface area contributed by atoms with E-state index in [1.165, 1.54) is 68.6 Å². The highest BCUT2D eigenvalue weighted by molar-refractivity contribution is 5.86. The van der Waals surface area contributed by atoms with Gasteiger partial charge < -0.3 is 0 Å². The van der Waals surface area contributed by atoms with Crippen LogP contribution in [-0.2, 0) is 0 Å². The van der Waals surface area contributed by atoms with Crippen molar-refractivity contribution in [2.45, 2.75) is 77.6 Å². The predicted octanol–water partition coefficient (Wildman–Crippen LogP) is 7.47. The number of rotatable bonds is 10. The first-order valence-electron chi connectivity index (χ1n) is 9.34. The van der Waals surface area contributed by atoms with E-state index in [9.17, 15) is 0 Å². The van der Waals surface area contributed by atoms with Gasteiger partial charge in [-0.25, -0.2) is 0 Å². The van der Waals surface area contributed by atoms with Gasteiger partial charge in [0.1, 0.15) is 0 Å². The van der Waals surface area contributed by atoms with Crippen LogP contribution < -0.4 is 0 Å². The van der Waals surface area contributed by atoms with Gasteiger partial charge in [0, 0.05) is 0 Å². The summed E-state index contributed by atoms with van der Waals surface area (Å²) < 4.78 is 0. The zero-order chi connectivity index (χ0) is 15.6. The van der Waals surface area contributed by atoms with Crippen molar-refractivity contribution in [3.05, 3.63) is 48.0 Å². The van der Waals surface area contributed by atoms with Gasteiger partial charge >= 0.3 is 0 Å². The van der Waals surface area contributed by atoms with E-state index in [0.29, 0.717) is 0 Å². The Hall–Kier alpha value is -1.30. The largest absolute Gasteiger partial charge is 0.0654 e. The molecule has 22 heavy (non-hydrogen) atoms. The highest BCUT2D eigenvalue weighted by Gasteiger charge is 2.11. The molecule has 0 N–H and O–H groups in total. The van der Waals surface area contributed by atoms with Gasteiger partial charge in [-0.2, -0.15) is 0 Å². The Bertz CT molecular complexity index is 535. The van der Waals surface area contributed by atoms with Gasteiger partial charge in [-0.1, -0.05) is 101 Å². The minimum Gasteiger partial charge on any atom is -0.0654 e. The fraction of sp³-hybridized carbons (Fsp3) is 0.545. The molecule has 2 aromatic rings. The summed E-state index contributed by atoms with van der Waals surface area (Å²) >= 11 is 0. The SMILES string of the molecule is CCCCCCCCCC(CC)c1cccc2ccccc12. The predicted molar refractivity (Wildman–Crippen MR) is 99.6 cm³/mol. The van der Waals surface area contributed by atoms with Crippen LogP contribution in [0.1, 0.15) is 83.1 Å². The lowest BCUT2D eigenvalue weighted by atomic mass is 9.87. The van der Waals surface area contributed by atoms with Crippen LogP contribution >= 0.6 is 0 Å². The Morgan fingerprint density at radius 1 is 0.727 bits per heavy atom. The van der Waals surface area contributed by atoms with E-state index >= 15 is 0 Å². The van der Waals surface area contributed by atoms with Crippen molar-refractivity contribution in [2.24, 2.45) is 0 Å². The monoisotopic (exact) mass is 296 g/mol. The van der Waals surface area contributed by atoms with Gasteiger partial charge in [0.2, 0.25) is 0 Å². The minimum absolute atomic E-state index is 0.724. The molecule has 1 unspecified atom stereocenters. The molecule has 0 nitrogen and oxygen atoms in total. The van der Waals surface area contributed by atoms with E-state index in [0.717, 1.165) is 5.92 Å². The van der Waals surface area contributed by atoms with Crippen molar-refractivity contribution in [1.29, 1.82) is 0 Å². The van der Waals surface area contributed by atoms with Gasteiger partial charge in [-0.15, -0.1) is 0 Å². The molecule has 0 aliphatic heterocycles. The van der Waals surface area contributed by atoms with Crippen molar-refractivity contribution in [3.63, 3.8) is 0 Å². The maximum absolute atomic E-state index is 2.34. The molecule has 0 radical (unpaired) electrons. The van der Waals surface area contributed by atoms with Crippen molar-refractivity contribution < 1.29 is 0 Å². The Morgan fingerprint density at radius 3 is 2.18 bits per heavy atom. The third kappa shape index (κ3) is 4.87. The standard InChI is InChI=1S/C22H32/c1-3-5-6-7-8-9-10-14-19(4-2)21-18-13-16-20-15-11-12-17-22(20)21/h11-13,15-19H,3-10,14H2,1-2H3. The maximum Gasteiger partial charge on any atom is -0.0149 e.